The zero-order valence-electron chi connectivity index (χ0n) is 9.64. The van der Waals surface area contributed by atoms with E-state index < -0.39 is 0 Å². The van der Waals surface area contributed by atoms with Gasteiger partial charge in [0.05, 0.1) is 16.9 Å². The molecule has 3 rings (SSSR count). The van der Waals surface area contributed by atoms with Gasteiger partial charge in [-0.15, -0.1) is 0 Å². The Labute approximate surface area is 99.9 Å². The molecule has 0 radical (unpaired) electrons. The van der Waals surface area contributed by atoms with Crippen molar-refractivity contribution < 1.29 is 0 Å². The summed E-state index contributed by atoms with van der Waals surface area (Å²) in [6, 6.07) is 6.01. The van der Waals surface area contributed by atoms with E-state index in [0.717, 1.165) is 28.8 Å². The Morgan fingerprint density at radius 3 is 2.94 bits per heavy atom. The lowest BCUT2D eigenvalue weighted by molar-refractivity contribution is 0.934. The predicted molar refractivity (Wildman–Crippen MR) is 69.3 cm³/mol. The van der Waals surface area contributed by atoms with Crippen molar-refractivity contribution in [1.82, 2.24) is 15.3 Å². The molecule has 3 nitrogen and oxygen atoms in total. The Bertz CT molecular complexity index is 626. The van der Waals surface area contributed by atoms with Crippen LogP contribution in [0.1, 0.15) is 12.6 Å². The second kappa shape index (κ2) is 4.01. The first-order valence-electron chi connectivity index (χ1n) is 5.65. The van der Waals surface area contributed by atoms with Gasteiger partial charge in [0.25, 0.3) is 0 Å². The van der Waals surface area contributed by atoms with Gasteiger partial charge in [-0.05, 0) is 31.2 Å². The van der Waals surface area contributed by atoms with Crippen molar-refractivity contribution in [3.8, 4) is 0 Å². The quantitative estimate of drug-likeness (QED) is 0.807. The molecule has 2 aromatic rings. The molecular formula is C14H13N3. The molecule has 2 aromatic heterocycles. The molecule has 3 heteroatoms. The van der Waals surface area contributed by atoms with E-state index in [1.807, 2.05) is 18.3 Å². The fraction of sp³-hybridized carbons (Fsp3) is 0.143. The van der Waals surface area contributed by atoms with Gasteiger partial charge in [0.2, 0.25) is 0 Å². The van der Waals surface area contributed by atoms with Gasteiger partial charge >= 0.3 is 0 Å². The first kappa shape index (κ1) is 10.0. The van der Waals surface area contributed by atoms with E-state index >= 15 is 0 Å². The van der Waals surface area contributed by atoms with Crippen LogP contribution in [-0.2, 0) is 0 Å². The van der Waals surface area contributed by atoms with Crippen molar-refractivity contribution in [3.63, 3.8) is 0 Å². The number of aromatic nitrogens is 2. The third-order valence-electron chi connectivity index (χ3n) is 2.86. The van der Waals surface area contributed by atoms with Crippen molar-refractivity contribution in [1.29, 1.82) is 0 Å². The first-order valence-corrected chi connectivity index (χ1v) is 5.65. The van der Waals surface area contributed by atoms with Gasteiger partial charge in [0, 0.05) is 24.3 Å². The molecular weight excluding hydrogens is 210 g/mol. The van der Waals surface area contributed by atoms with Gasteiger partial charge < -0.3 is 5.32 Å². The molecule has 84 valence electrons. The van der Waals surface area contributed by atoms with Crippen LogP contribution in [0.15, 0.2) is 48.3 Å². The molecule has 0 saturated heterocycles. The summed E-state index contributed by atoms with van der Waals surface area (Å²) in [5.41, 5.74) is 4.37. The summed E-state index contributed by atoms with van der Waals surface area (Å²) in [6.45, 7) is 3.00. The number of allylic oxidation sites excluding steroid dienone is 2. The van der Waals surface area contributed by atoms with Gasteiger partial charge in [-0.25, -0.2) is 4.98 Å². The first-order chi connectivity index (χ1) is 8.33. The average Bonchev–Trinajstić information content (AvgIpc) is 2.39. The van der Waals surface area contributed by atoms with E-state index in [4.69, 9.17) is 0 Å². The van der Waals surface area contributed by atoms with Gasteiger partial charge in [0.15, 0.2) is 0 Å². The highest BCUT2D eigenvalue weighted by atomic mass is 14.9. The molecule has 1 N–H and O–H groups in total. The highest BCUT2D eigenvalue weighted by Gasteiger charge is 2.06. The Balaban J connectivity index is 2.07. The number of pyridine rings is 2. The van der Waals surface area contributed by atoms with Crippen LogP contribution in [0.3, 0.4) is 0 Å². The molecule has 0 bridgehead atoms. The molecule has 3 heterocycles. The van der Waals surface area contributed by atoms with E-state index in [1.54, 1.807) is 6.20 Å². The van der Waals surface area contributed by atoms with Crippen LogP contribution in [0.25, 0.3) is 16.6 Å². The lowest BCUT2D eigenvalue weighted by Crippen LogP contribution is -2.18. The summed E-state index contributed by atoms with van der Waals surface area (Å²) in [6.07, 6.45) is 7.81. The normalized spacial score (nSPS) is 15.1. The second-order valence-electron chi connectivity index (χ2n) is 4.21. The molecule has 0 saturated carbocycles. The van der Waals surface area contributed by atoms with Crippen LogP contribution in [0, 0.1) is 0 Å². The van der Waals surface area contributed by atoms with Crippen molar-refractivity contribution in [2.24, 2.45) is 0 Å². The third kappa shape index (κ3) is 1.91. The van der Waals surface area contributed by atoms with E-state index in [9.17, 15) is 0 Å². The zero-order chi connectivity index (χ0) is 11.7. The minimum atomic E-state index is 0.891. The molecule has 17 heavy (non-hydrogen) atoms. The molecule has 0 unspecified atom stereocenters. The standard InChI is InChI=1S/C14H13N3/c1-10-2-4-13(16-8-10)14-5-3-11-9-15-7-6-12(11)17-14/h2-7,9,16H,8H2,1H3. The van der Waals surface area contributed by atoms with Crippen LogP contribution in [0.4, 0.5) is 0 Å². The minimum absolute atomic E-state index is 0.891. The number of dihydropyridines is 1. The maximum Gasteiger partial charge on any atom is 0.0868 e. The van der Waals surface area contributed by atoms with E-state index in [1.165, 1.54) is 5.57 Å². The van der Waals surface area contributed by atoms with Crippen LogP contribution >= 0.6 is 0 Å². The molecule has 1 aliphatic heterocycles. The van der Waals surface area contributed by atoms with Crippen LogP contribution < -0.4 is 5.32 Å². The SMILES string of the molecule is CC1=CC=C(c2ccc3cnccc3n2)NC1. The number of nitrogens with one attached hydrogen (secondary N) is 1. The van der Waals surface area contributed by atoms with Gasteiger partial charge in [-0.2, -0.15) is 0 Å². The second-order valence-corrected chi connectivity index (χ2v) is 4.21. The number of hydrogen-bond donors (Lipinski definition) is 1. The molecule has 0 fully saturated rings. The smallest absolute Gasteiger partial charge is 0.0868 e. The average molecular weight is 223 g/mol. The molecule has 1 aliphatic rings. The number of rotatable bonds is 1. The molecule has 0 aliphatic carbocycles. The fourth-order valence-corrected chi connectivity index (χ4v) is 1.87. The lowest BCUT2D eigenvalue weighted by Gasteiger charge is -2.14. The summed E-state index contributed by atoms with van der Waals surface area (Å²) >= 11 is 0. The number of fused-ring (bicyclic) bond motifs is 1. The summed E-state index contributed by atoms with van der Waals surface area (Å²) in [7, 11) is 0. The van der Waals surface area contributed by atoms with Crippen LogP contribution in [0.5, 0.6) is 0 Å². The molecule has 0 spiro atoms. The molecule has 0 amide bonds. The van der Waals surface area contributed by atoms with Crippen molar-refractivity contribution in [2.75, 3.05) is 6.54 Å². The molecule has 0 atom stereocenters. The maximum atomic E-state index is 4.62. The molecule has 0 aromatic carbocycles. The Kier molecular flexibility index (Phi) is 2.37. The Hall–Kier alpha value is -2.16. The summed E-state index contributed by atoms with van der Waals surface area (Å²) in [4.78, 5) is 8.71. The van der Waals surface area contributed by atoms with Crippen LogP contribution in [-0.4, -0.2) is 16.5 Å². The Morgan fingerprint density at radius 1 is 1.18 bits per heavy atom. The van der Waals surface area contributed by atoms with Crippen molar-refractivity contribution in [2.45, 2.75) is 6.92 Å². The van der Waals surface area contributed by atoms with Gasteiger partial charge in [-0.3, -0.25) is 4.98 Å². The number of hydrogen-bond acceptors (Lipinski definition) is 3. The topological polar surface area (TPSA) is 37.8 Å². The van der Waals surface area contributed by atoms with Crippen LogP contribution in [0.2, 0.25) is 0 Å². The number of nitrogens with zero attached hydrogens (tertiary/aromatic N) is 2. The minimum Gasteiger partial charge on any atom is -0.380 e. The summed E-state index contributed by atoms with van der Waals surface area (Å²) in [5, 5.41) is 4.43. The van der Waals surface area contributed by atoms with E-state index in [2.05, 4.69) is 40.4 Å². The highest BCUT2D eigenvalue weighted by Crippen LogP contribution is 2.17. The third-order valence-corrected chi connectivity index (χ3v) is 2.86. The Morgan fingerprint density at radius 2 is 2.12 bits per heavy atom. The highest BCUT2D eigenvalue weighted by molar-refractivity contribution is 5.80. The summed E-state index contributed by atoms with van der Waals surface area (Å²) in [5.74, 6) is 0. The zero-order valence-corrected chi connectivity index (χ0v) is 9.64. The lowest BCUT2D eigenvalue weighted by atomic mass is 10.1. The van der Waals surface area contributed by atoms with Crippen molar-refractivity contribution >= 4 is 16.6 Å². The van der Waals surface area contributed by atoms with Gasteiger partial charge in [0.1, 0.15) is 0 Å². The maximum absolute atomic E-state index is 4.62. The fourth-order valence-electron chi connectivity index (χ4n) is 1.87. The predicted octanol–water partition coefficient (Wildman–Crippen LogP) is 2.52. The van der Waals surface area contributed by atoms with Crippen molar-refractivity contribution in [3.05, 3.63) is 54.0 Å². The van der Waals surface area contributed by atoms with E-state index in [-0.39, 0.29) is 0 Å². The summed E-state index contributed by atoms with van der Waals surface area (Å²) < 4.78 is 0. The largest absolute Gasteiger partial charge is 0.380 e. The van der Waals surface area contributed by atoms with Gasteiger partial charge in [-0.1, -0.05) is 11.6 Å². The van der Waals surface area contributed by atoms with E-state index in [0.29, 0.717) is 0 Å². The monoisotopic (exact) mass is 223 g/mol.